The fraction of sp³-hybridized carbons (Fsp3) is 0.278. The van der Waals surface area contributed by atoms with Crippen molar-refractivity contribution in [3.8, 4) is 5.75 Å². The van der Waals surface area contributed by atoms with E-state index in [9.17, 15) is 13.6 Å². The van der Waals surface area contributed by atoms with Gasteiger partial charge in [-0.25, -0.2) is 0 Å². The topological polar surface area (TPSA) is 53.6 Å². The Morgan fingerprint density at radius 2 is 1.81 bits per heavy atom. The second-order valence-corrected chi connectivity index (χ2v) is 5.40. The molecule has 0 aliphatic carbocycles. The number of benzene rings is 2. The van der Waals surface area contributed by atoms with Gasteiger partial charge in [0.2, 0.25) is 0 Å². The predicted molar refractivity (Wildman–Crippen MR) is 101 cm³/mol. The van der Waals surface area contributed by atoms with E-state index in [4.69, 9.17) is 0 Å². The number of hydrogen-bond donors (Lipinski definition) is 2. The molecule has 0 aliphatic heterocycles. The molecule has 0 unspecified atom stereocenters. The third kappa shape index (κ3) is 6.16. The second-order valence-electron chi connectivity index (χ2n) is 5.40. The lowest BCUT2D eigenvalue weighted by Gasteiger charge is -2.19. The third-order valence-corrected chi connectivity index (χ3v) is 3.56. The lowest BCUT2D eigenvalue weighted by atomic mass is 10.1. The fourth-order valence-electron chi connectivity index (χ4n) is 2.24. The molecule has 26 heavy (non-hydrogen) atoms. The number of nitrogens with zero attached hydrogens (tertiary/aromatic N) is 1. The lowest BCUT2D eigenvalue weighted by Crippen LogP contribution is -2.33. The van der Waals surface area contributed by atoms with Crippen molar-refractivity contribution >= 4 is 29.7 Å². The number of ether oxygens (including phenoxy) is 1. The van der Waals surface area contributed by atoms with Gasteiger partial charge < -0.3 is 20.3 Å². The Kier molecular flexibility index (Phi) is 8.81. The van der Waals surface area contributed by atoms with Gasteiger partial charge in [-0.15, -0.1) is 12.4 Å². The molecule has 8 heteroatoms. The molecular formula is C18H22ClF2N3O2. The molecule has 0 radical (unpaired) electrons. The molecule has 2 aromatic carbocycles. The summed E-state index contributed by atoms with van der Waals surface area (Å²) in [5.41, 5.74) is 1.85. The molecule has 0 saturated carbocycles. The minimum Gasteiger partial charge on any atom is -0.435 e. The highest BCUT2D eigenvalue weighted by Gasteiger charge is 2.15. The van der Waals surface area contributed by atoms with Crippen molar-refractivity contribution in [1.82, 2.24) is 10.2 Å². The van der Waals surface area contributed by atoms with Crippen LogP contribution in [0.5, 0.6) is 5.75 Å². The summed E-state index contributed by atoms with van der Waals surface area (Å²) < 4.78 is 28.7. The minimum atomic E-state index is -2.86. The molecule has 2 rings (SSSR count). The van der Waals surface area contributed by atoms with Crippen LogP contribution in [0.2, 0.25) is 0 Å². The molecule has 0 spiro atoms. The summed E-state index contributed by atoms with van der Waals surface area (Å²) in [6, 6.07) is 13.3. The largest absolute Gasteiger partial charge is 0.435 e. The monoisotopic (exact) mass is 385 g/mol. The van der Waals surface area contributed by atoms with Crippen LogP contribution in [0.1, 0.15) is 10.4 Å². The van der Waals surface area contributed by atoms with Crippen LogP contribution >= 0.6 is 12.4 Å². The van der Waals surface area contributed by atoms with Crippen LogP contribution in [0.25, 0.3) is 0 Å². The zero-order valence-electron chi connectivity index (χ0n) is 14.5. The molecule has 0 atom stereocenters. The molecule has 0 aliphatic rings. The first-order valence-corrected chi connectivity index (χ1v) is 7.82. The Labute approximate surface area is 157 Å². The van der Waals surface area contributed by atoms with E-state index in [-0.39, 0.29) is 24.1 Å². The fourth-order valence-corrected chi connectivity index (χ4v) is 2.24. The van der Waals surface area contributed by atoms with Crippen molar-refractivity contribution in [2.45, 2.75) is 6.61 Å². The van der Waals surface area contributed by atoms with Crippen LogP contribution in [0.3, 0.4) is 0 Å². The summed E-state index contributed by atoms with van der Waals surface area (Å²) in [6.45, 7) is -1.57. The number of likely N-dealkylation sites (N-methyl/N-ethyl adjacent to an activating group) is 2. The number of halogens is 3. The number of nitrogens with one attached hydrogen (secondary N) is 2. The van der Waals surface area contributed by atoms with Gasteiger partial charge in [-0.05, 0) is 43.4 Å². The van der Waals surface area contributed by atoms with Crippen molar-refractivity contribution in [2.75, 3.05) is 32.5 Å². The third-order valence-electron chi connectivity index (χ3n) is 3.56. The van der Waals surface area contributed by atoms with Gasteiger partial charge in [0.1, 0.15) is 5.75 Å². The smallest absolute Gasteiger partial charge is 0.387 e. The van der Waals surface area contributed by atoms with Crippen molar-refractivity contribution in [1.29, 1.82) is 0 Å². The number of para-hydroxylation sites is 1. The lowest BCUT2D eigenvalue weighted by molar-refractivity contribution is -0.0498. The van der Waals surface area contributed by atoms with Crippen LogP contribution in [0, 0.1) is 0 Å². The number of rotatable bonds is 8. The Morgan fingerprint density at radius 3 is 2.42 bits per heavy atom. The van der Waals surface area contributed by atoms with Crippen LogP contribution in [0.15, 0.2) is 48.5 Å². The maximum absolute atomic E-state index is 12.6. The highest BCUT2D eigenvalue weighted by molar-refractivity contribution is 6.00. The van der Waals surface area contributed by atoms with E-state index in [0.29, 0.717) is 30.0 Å². The predicted octanol–water partition coefficient (Wildman–Crippen LogP) is 3.74. The number of alkyl halides is 2. The first-order chi connectivity index (χ1) is 12.0. The van der Waals surface area contributed by atoms with Crippen LogP contribution in [-0.4, -0.2) is 44.6 Å². The molecule has 0 saturated heterocycles. The summed E-state index contributed by atoms with van der Waals surface area (Å²) in [5, 5.41) is 6.14. The van der Waals surface area contributed by atoms with E-state index in [2.05, 4.69) is 15.4 Å². The van der Waals surface area contributed by atoms with E-state index in [1.165, 1.54) is 12.1 Å². The van der Waals surface area contributed by atoms with Gasteiger partial charge in [-0.2, -0.15) is 8.78 Å². The van der Waals surface area contributed by atoms with Gasteiger partial charge in [0.25, 0.3) is 5.91 Å². The molecule has 1 amide bonds. The highest BCUT2D eigenvalue weighted by atomic mass is 35.5. The Hall–Kier alpha value is -2.38. The molecule has 2 aromatic rings. The van der Waals surface area contributed by atoms with Crippen molar-refractivity contribution in [3.05, 3.63) is 54.1 Å². The van der Waals surface area contributed by atoms with E-state index in [1.54, 1.807) is 42.3 Å². The van der Waals surface area contributed by atoms with Gasteiger partial charge >= 0.3 is 6.61 Å². The summed E-state index contributed by atoms with van der Waals surface area (Å²) >= 11 is 0. The average molecular weight is 386 g/mol. The van der Waals surface area contributed by atoms with Crippen molar-refractivity contribution in [3.63, 3.8) is 0 Å². The van der Waals surface area contributed by atoms with Crippen LogP contribution in [0.4, 0.5) is 20.2 Å². The van der Waals surface area contributed by atoms with Gasteiger partial charge in [-0.3, -0.25) is 4.79 Å². The maximum Gasteiger partial charge on any atom is 0.387 e. The standard InChI is InChI=1S/C18H21F2N3O2.ClH/c1-21-11-12-23(2)17(24)15-5-3-4-6-16(15)22-13-7-9-14(10-8-13)25-18(19)20;/h3-10,18,21-22H,11-12H2,1-2H3;1H. The molecule has 0 aromatic heterocycles. The van der Waals surface area contributed by atoms with Crippen LogP contribution in [-0.2, 0) is 0 Å². The van der Waals surface area contributed by atoms with E-state index in [0.717, 1.165) is 0 Å². The first-order valence-electron chi connectivity index (χ1n) is 7.82. The molecule has 0 heterocycles. The maximum atomic E-state index is 12.6. The number of amides is 1. The minimum absolute atomic E-state index is 0. The van der Waals surface area contributed by atoms with E-state index < -0.39 is 6.61 Å². The molecule has 5 nitrogen and oxygen atoms in total. The molecular weight excluding hydrogens is 364 g/mol. The Balaban J connectivity index is 0.00000338. The Morgan fingerprint density at radius 1 is 1.15 bits per heavy atom. The number of hydrogen-bond acceptors (Lipinski definition) is 4. The molecule has 2 N–H and O–H groups in total. The van der Waals surface area contributed by atoms with Crippen LogP contribution < -0.4 is 15.4 Å². The normalized spacial score (nSPS) is 10.2. The molecule has 0 fully saturated rings. The number of carbonyl (C=O) groups excluding carboxylic acids is 1. The summed E-state index contributed by atoms with van der Waals surface area (Å²) in [7, 11) is 3.57. The van der Waals surface area contributed by atoms with Gasteiger partial charge in [0, 0.05) is 25.8 Å². The Bertz CT molecular complexity index is 699. The zero-order valence-corrected chi connectivity index (χ0v) is 15.4. The number of carbonyl (C=O) groups is 1. The van der Waals surface area contributed by atoms with Crippen molar-refractivity contribution < 1.29 is 18.3 Å². The second kappa shape index (κ2) is 10.6. The summed E-state index contributed by atoms with van der Waals surface area (Å²) in [4.78, 5) is 14.2. The van der Waals surface area contributed by atoms with Gasteiger partial charge in [-0.1, -0.05) is 12.1 Å². The van der Waals surface area contributed by atoms with Gasteiger partial charge in [0.15, 0.2) is 0 Å². The summed E-state index contributed by atoms with van der Waals surface area (Å²) in [6.07, 6.45) is 0. The number of anilines is 2. The first kappa shape index (κ1) is 21.7. The van der Waals surface area contributed by atoms with Gasteiger partial charge in [0.05, 0.1) is 11.3 Å². The average Bonchev–Trinajstić information content (AvgIpc) is 2.60. The van der Waals surface area contributed by atoms with Crippen molar-refractivity contribution in [2.24, 2.45) is 0 Å². The summed E-state index contributed by atoms with van der Waals surface area (Å²) in [5.74, 6) is -0.0206. The highest BCUT2D eigenvalue weighted by Crippen LogP contribution is 2.24. The van der Waals surface area contributed by atoms with E-state index in [1.807, 2.05) is 13.1 Å². The molecule has 0 bridgehead atoms. The zero-order chi connectivity index (χ0) is 18.2. The van der Waals surface area contributed by atoms with E-state index >= 15 is 0 Å². The quantitative estimate of drug-likeness (QED) is 0.726. The molecule has 142 valence electrons. The SMILES string of the molecule is CNCCN(C)C(=O)c1ccccc1Nc1ccc(OC(F)F)cc1.Cl.